The molecule has 1 unspecified atom stereocenters. The van der Waals surface area contributed by atoms with Crippen molar-refractivity contribution in [1.82, 2.24) is 15.5 Å². The van der Waals surface area contributed by atoms with Crippen molar-refractivity contribution in [3.8, 4) is 0 Å². The fourth-order valence-corrected chi connectivity index (χ4v) is 2.77. The van der Waals surface area contributed by atoms with Crippen molar-refractivity contribution in [1.29, 1.82) is 0 Å². The molecule has 2 fully saturated rings. The standard InChI is InChI=1S/C13H23N3O2.ClH/c1-10(17)16-7-3-4-11(9-16)13(18)15-12-5-2-6-14-8-12;/h11-12,14H,2-9H2,1H3,(H,15,18);1H/t11?,12-;/m0./s1. The molecule has 2 saturated heterocycles. The van der Waals surface area contributed by atoms with Gasteiger partial charge in [0.05, 0.1) is 5.92 Å². The van der Waals surface area contributed by atoms with Gasteiger partial charge in [-0.1, -0.05) is 0 Å². The number of carbonyl (C=O) groups excluding carboxylic acids is 2. The van der Waals surface area contributed by atoms with E-state index >= 15 is 0 Å². The van der Waals surface area contributed by atoms with Crippen molar-refractivity contribution < 1.29 is 9.59 Å². The van der Waals surface area contributed by atoms with E-state index in [1.165, 1.54) is 0 Å². The van der Waals surface area contributed by atoms with Crippen LogP contribution in [0.4, 0.5) is 0 Å². The van der Waals surface area contributed by atoms with E-state index in [1.807, 2.05) is 0 Å². The minimum absolute atomic E-state index is 0. The Labute approximate surface area is 120 Å². The average Bonchev–Trinajstić information content (AvgIpc) is 2.40. The van der Waals surface area contributed by atoms with Crippen LogP contribution < -0.4 is 10.6 Å². The number of amides is 2. The molecule has 2 atom stereocenters. The van der Waals surface area contributed by atoms with Crippen molar-refractivity contribution in [2.75, 3.05) is 26.2 Å². The van der Waals surface area contributed by atoms with Gasteiger partial charge in [0.1, 0.15) is 0 Å². The molecular weight excluding hydrogens is 266 g/mol. The molecule has 0 radical (unpaired) electrons. The Morgan fingerprint density at radius 3 is 2.68 bits per heavy atom. The first-order valence-electron chi connectivity index (χ1n) is 6.93. The molecule has 0 aliphatic carbocycles. The van der Waals surface area contributed by atoms with Gasteiger partial charge in [0.2, 0.25) is 11.8 Å². The molecule has 2 heterocycles. The molecule has 0 spiro atoms. The van der Waals surface area contributed by atoms with Crippen molar-refractivity contribution in [2.24, 2.45) is 5.92 Å². The predicted octanol–water partition coefficient (Wildman–Crippen LogP) is 0.535. The fourth-order valence-electron chi connectivity index (χ4n) is 2.77. The quantitative estimate of drug-likeness (QED) is 0.780. The molecule has 0 bridgehead atoms. The second-order valence-electron chi connectivity index (χ2n) is 5.36. The highest BCUT2D eigenvalue weighted by Gasteiger charge is 2.28. The summed E-state index contributed by atoms with van der Waals surface area (Å²) in [5.41, 5.74) is 0. The topological polar surface area (TPSA) is 61.4 Å². The highest BCUT2D eigenvalue weighted by Crippen LogP contribution is 2.17. The molecule has 0 saturated carbocycles. The Morgan fingerprint density at radius 1 is 1.26 bits per heavy atom. The van der Waals surface area contributed by atoms with Crippen LogP contribution in [-0.2, 0) is 9.59 Å². The van der Waals surface area contributed by atoms with Gasteiger partial charge in [-0.25, -0.2) is 0 Å². The van der Waals surface area contributed by atoms with Gasteiger partial charge >= 0.3 is 0 Å². The van der Waals surface area contributed by atoms with E-state index in [0.717, 1.165) is 45.3 Å². The lowest BCUT2D eigenvalue weighted by Crippen LogP contribution is -2.50. The summed E-state index contributed by atoms with van der Waals surface area (Å²) in [4.78, 5) is 25.3. The third-order valence-corrected chi connectivity index (χ3v) is 3.88. The molecule has 0 aromatic carbocycles. The molecule has 2 aliphatic heterocycles. The van der Waals surface area contributed by atoms with Gasteiger partial charge in [-0.2, -0.15) is 0 Å². The van der Waals surface area contributed by atoms with Gasteiger partial charge < -0.3 is 15.5 Å². The molecule has 2 N–H and O–H groups in total. The SMILES string of the molecule is CC(=O)N1CCCC(C(=O)N[C@H]2CCCNC2)C1.Cl. The van der Waals surface area contributed by atoms with E-state index in [-0.39, 0.29) is 36.2 Å². The Morgan fingerprint density at radius 2 is 2.05 bits per heavy atom. The lowest BCUT2D eigenvalue weighted by atomic mass is 9.96. The van der Waals surface area contributed by atoms with Crippen LogP contribution in [0.3, 0.4) is 0 Å². The van der Waals surface area contributed by atoms with Gasteiger partial charge in [0.15, 0.2) is 0 Å². The van der Waals surface area contributed by atoms with E-state index in [9.17, 15) is 9.59 Å². The number of piperidine rings is 2. The van der Waals surface area contributed by atoms with Crippen LogP contribution in [0, 0.1) is 5.92 Å². The van der Waals surface area contributed by atoms with Gasteiger partial charge in [-0.05, 0) is 32.2 Å². The molecular formula is C13H24ClN3O2. The number of hydrogen-bond donors (Lipinski definition) is 2. The minimum Gasteiger partial charge on any atom is -0.352 e. The van der Waals surface area contributed by atoms with Gasteiger partial charge in [-0.15, -0.1) is 12.4 Å². The number of rotatable bonds is 2. The molecule has 6 heteroatoms. The zero-order valence-electron chi connectivity index (χ0n) is 11.5. The zero-order valence-corrected chi connectivity index (χ0v) is 12.3. The van der Waals surface area contributed by atoms with E-state index < -0.39 is 0 Å². The predicted molar refractivity (Wildman–Crippen MR) is 76.3 cm³/mol. The van der Waals surface area contributed by atoms with Crippen LogP contribution in [0.1, 0.15) is 32.6 Å². The number of likely N-dealkylation sites (tertiary alicyclic amines) is 1. The van der Waals surface area contributed by atoms with Crippen molar-refractivity contribution >= 4 is 24.2 Å². The van der Waals surface area contributed by atoms with E-state index in [2.05, 4.69) is 10.6 Å². The largest absolute Gasteiger partial charge is 0.352 e. The summed E-state index contributed by atoms with van der Waals surface area (Å²) in [5, 5.41) is 6.40. The lowest BCUT2D eigenvalue weighted by molar-refractivity contribution is -0.134. The lowest BCUT2D eigenvalue weighted by Gasteiger charge is -2.33. The normalized spacial score (nSPS) is 27.3. The summed E-state index contributed by atoms with van der Waals surface area (Å²) < 4.78 is 0. The Bertz CT molecular complexity index is 319. The fraction of sp³-hybridized carbons (Fsp3) is 0.846. The van der Waals surface area contributed by atoms with Gasteiger partial charge in [0, 0.05) is 32.6 Å². The van der Waals surface area contributed by atoms with Crippen LogP contribution in [0.15, 0.2) is 0 Å². The molecule has 2 rings (SSSR count). The molecule has 5 nitrogen and oxygen atoms in total. The van der Waals surface area contributed by atoms with Crippen molar-refractivity contribution in [3.63, 3.8) is 0 Å². The number of nitrogens with zero attached hydrogens (tertiary/aromatic N) is 1. The highest BCUT2D eigenvalue weighted by atomic mass is 35.5. The number of halogens is 1. The second-order valence-corrected chi connectivity index (χ2v) is 5.36. The summed E-state index contributed by atoms with van der Waals surface area (Å²) in [5.74, 6) is 0.172. The van der Waals surface area contributed by atoms with Gasteiger partial charge in [-0.3, -0.25) is 9.59 Å². The second kappa shape index (κ2) is 7.70. The summed E-state index contributed by atoms with van der Waals surface area (Å²) in [7, 11) is 0. The summed E-state index contributed by atoms with van der Waals surface area (Å²) in [6.07, 6.45) is 4.01. The van der Waals surface area contributed by atoms with Crippen LogP contribution in [0.25, 0.3) is 0 Å². The van der Waals surface area contributed by atoms with Gasteiger partial charge in [0.25, 0.3) is 0 Å². The zero-order chi connectivity index (χ0) is 13.0. The van der Waals surface area contributed by atoms with Crippen LogP contribution >= 0.6 is 12.4 Å². The smallest absolute Gasteiger partial charge is 0.225 e. The van der Waals surface area contributed by atoms with E-state index in [0.29, 0.717) is 6.54 Å². The third-order valence-electron chi connectivity index (χ3n) is 3.88. The molecule has 2 amide bonds. The summed E-state index contributed by atoms with van der Waals surface area (Å²) in [6, 6.07) is 0.263. The Kier molecular flexibility index (Phi) is 6.58. The molecule has 19 heavy (non-hydrogen) atoms. The number of nitrogens with one attached hydrogen (secondary N) is 2. The highest BCUT2D eigenvalue weighted by molar-refractivity contribution is 5.85. The maximum Gasteiger partial charge on any atom is 0.225 e. The monoisotopic (exact) mass is 289 g/mol. The molecule has 2 aliphatic rings. The van der Waals surface area contributed by atoms with Crippen LogP contribution in [-0.4, -0.2) is 48.9 Å². The van der Waals surface area contributed by atoms with E-state index in [1.54, 1.807) is 11.8 Å². The number of carbonyl (C=O) groups is 2. The van der Waals surface area contributed by atoms with Crippen molar-refractivity contribution in [2.45, 2.75) is 38.6 Å². The maximum atomic E-state index is 12.2. The third kappa shape index (κ3) is 4.66. The Hall–Kier alpha value is -0.810. The van der Waals surface area contributed by atoms with Crippen LogP contribution in [0.5, 0.6) is 0 Å². The first-order chi connectivity index (χ1) is 8.66. The Balaban J connectivity index is 0.00000180. The number of hydrogen-bond acceptors (Lipinski definition) is 3. The molecule has 0 aromatic rings. The molecule has 0 aromatic heterocycles. The van der Waals surface area contributed by atoms with Crippen molar-refractivity contribution in [3.05, 3.63) is 0 Å². The first kappa shape index (κ1) is 16.2. The average molecular weight is 290 g/mol. The summed E-state index contributed by atoms with van der Waals surface area (Å²) >= 11 is 0. The molecule has 110 valence electrons. The van der Waals surface area contributed by atoms with E-state index in [4.69, 9.17) is 0 Å². The summed E-state index contributed by atoms with van der Waals surface area (Å²) in [6.45, 7) is 4.87. The minimum atomic E-state index is -0.0235. The maximum absolute atomic E-state index is 12.2. The first-order valence-corrected chi connectivity index (χ1v) is 6.93. The van der Waals surface area contributed by atoms with Crippen LogP contribution in [0.2, 0.25) is 0 Å².